The average molecular weight is 217 g/mol. The summed E-state index contributed by atoms with van der Waals surface area (Å²) in [5.41, 5.74) is 0. The lowest BCUT2D eigenvalue weighted by molar-refractivity contribution is -0.131. The first-order chi connectivity index (χ1) is 5.84. The first-order valence-electron chi connectivity index (χ1n) is 4.04. The summed E-state index contributed by atoms with van der Waals surface area (Å²) in [5.74, 6) is -0.00173. The van der Waals surface area contributed by atoms with Crippen LogP contribution in [0.5, 0.6) is 0 Å². The first-order valence-corrected chi connectivity index (χ1v) is 4.48. The van der Waals surface area contributed by atoms with Gasteiger partial charge >= 0.3 is 6.18 Å². The molecule has 0 N–H and O–H groups in total. The van der Waals surface area contributed by atoms with Gasteiger partial charge in [0.05, 0.1) is 0 Å². The van der Waals surface area contributed by atoms with Crippen LogP contribution in [0.4, 0.5) is 13.2 Å². The maximum absolute atomic E-state index is 11.8. The number of carbonyl (C=O) groups is 1. The molecule has 5 heteroatoms. The van der Waals surface area contributed by atoms with E-state index in [9.17, 15) is 18.0 Å². The van der Waals surface area contributed by atoms with E-state index in [0.717, 1.165) is 0 Å². The highest BCUT2D eigenvalue weighted by Gasteiger charge is 2.37. The highest BCUT2D eigenvalue weighted by Crippen LogP contribution is 2.28. The van der Waals surface area contributed by atoms with E-state index >= 15 is 0 Å². The van der Waals surface area contributed by atoms with Crippen LogP contribution in [0.25, 0.3) is 0 Å². The van der Waals surface area contributed by atoms with Gasteiger partial charge in [0.25, 0.3) is 0 Å². The number of carbonyl (C=O) groups excluding carboxylic acids is 1. The fraction of sp³-hybridized carbons (Fsp3) is 0.875. The Morgan fingerprint density at radius 1 is 1.38 bits per heavy atom. The summed E-state index contributed by atoms with van der Waals surface area (Å²) >= 11 is 5.06. The molecule has 0 rings (SSSR count). The highest BCUT2D eigenvalue weighted by molar-refractivity contribution is 6.21. The van der Waals surface area contributed by atoms with Gasteiger partial charge in [-0.3, -0.25) is 0 Å². The number of Topliss-reactive ketones (excluding diaryl/α,β-unsaturated/α-hetero) is 1. The maximum atomic E-state index is 11.8. The predicted molar refractivity (Wildman–Crippen MR) is 44.8 cm³/mol. The molecule has 1 atom stereocenters. The molecular formula is C8H12ClF3O. The van der Waals surface area contributed by atoms with Crippen molar-refractivity contribution in [2.75, 3.05) is 0 Å². The summed E-state index contributed by atoms with van der Waals surface area (Å²) in [5, 5.41) is -1.78. The van der Waals surface area contributed by atoms with Gasteiger partial charge in [-0.25, -0.2) is 0 Å². The Bertz CT molecular complexity index is 167. The minimum Gasteiger partial charge on any atom is -0.300 e. The van der Waals surface area contributed by atoms with Crippen LogP contribution in [-0.4, -0.2) is 17.3 Å². The van der Waals surface area contributed by atoms with Gasteiger partial charge in [0.2, 0.25) is 0 Å². The molecule has 1 nitrogen and oxygen atoms in total. The van der Waals surface area contributed by atoms with Crippen LogP contribution in [0.3, 0.4) is 0 Å². The van der Waals surface area contributed by atoms with E-state index in [-0.39, 0.29) is 12.2 Å². The summed E-state index contributed by atoms with van der Waals surface area (Å²) in [6.45, 7) is 1.42. The zero-order valence-corrected chi connectivity index (χ0v) is 8.08. The van der Waals surface area contributed by atoms with E-state index in [0.29, 0.717) is 19.3 Å². The molecule has 0 fully saturated rings. The third-order valence-corrected chi connectivity index (χ3v) is 2.06. The summed E-state index contributed by atoms with van der Waals surface area (Å²) in [6.07, 6.45) is -3.28. The van der Waals surface area contributed by atoms with E-state index in [4.69, 9.17) is 11.6 Å². The number of hydrogen-bond donors (Lipinski definition) is 0. The predicted octanol–water partition coefficient (Wildman–Crippen LogP) is 3.31. The van der Waals surface area contributed by atoms with E-state index in [1.807, 2.05) is 0 Å². The number of rotatable bonds is 5. The molecule has 0 aromatic heterocycles. The molecule has 0 saturated heterocycles. The van der Waals surface area contributed by atoms with Crippen LogP contribution in [0.1, 0.15) is 32.6 Å². The van der Waals surface area contributed by atoms with Crippen molar-refractivity contribution in [1.29, 1.82) is 0 Å². The van der Waals surface area contributed by atoms with Crippen LogP contribution in [0.15, 0.2) is 0 Å². The van der Waals surface area contributed by atoms with Crippen LogP contribution in [0.2, 0.25) is 0 Å². The Balaban J connectivity index is 3.49. The first kappa shape index (κ1) is 12.8. The fourth-order valence-corrected chi connectivity index (χ4v) is 1.02. The van der Waals surface area contributed by atoms with Gasteiger partial charge in [-0.2, -0.15) is 13.2 Å². The largest absolute Gasteiger partial charge is 0.404 e. The van der Waals surface area contributed by atoms with Crippen molar-refractivity contribution in [3.63, 3.8) is 0 Å². The van der Waals surface area contributed by atoms with E-state index in [1.165, 1.54) is 6.92 Å². The van der Waals surface area contributed by atoms with Gasteiger partial charge in [0, 0.05) is 6.42 Å². The van der Waals surface area contributed by atoms with Crippen molar-refractivity contribution in [1.82, 2.24) is 0 Å². The summed E-state index contributed by atoms with van der Waals surface area (Å²) in [7, 11) is 0. The van der Waals surface area contributed by atoms with Crippen molar-refractivity contribution in [2.45, 2.75) is 44.2 Å². The highest BCUT2D eigenvalue weighted by atomic mass is 35.5. The summed E-state index contributed by atoms with van der Waals surface area (Å²) in [4.78, 5) is 10.4. The lowest BCUT2D eigenvalue weighted by Crippen LogP contribution is -2.22. The standard InChI is InChI=1S/C8H12ClF3O/c1-6(13)4-2-3-5-7(9)8(10,11)12/h7H,2-5H2,1H3. The van der Waals surface area contributed by atoms with Gasteiger partial charge in [0.15, 0.2) is 0 Å². The van der Waals surface area contributed by atoms with Gasteiger partial charge in [0.1, 0.15) is 11.2 Å². The molecule has 0 aromatic rings. The molecule has 0 heterocycles. The second kappa shape index (κ2) is 5.47. The van der Waals surface area contributed by atoms with Crippen LogP contribution >= 0.6 is 11.6 Å². The Morgan fingerprint density at radius 2 is 1.92 bits per heavy atom. The SMILES string of the molecule is CC(=O)CCCCC(Cl)C(F)(F)F. The Kier molecular flexibility index (Phi) is 5.37. The molecule has 0 amide bonds. The summed E-state index contributed by atoms with van der Waals surface area (Å²) < 4.78 is 35.5. The van der Waals surface area contributed by atoms with Crippen molar-refractivity contribution >= 4 is 17.4 Å². The average Bonchev–Trinajstić information content (AvgIpc) is 1.95. The van der Waals surface area contributed by atoms with Crippen molar-refractivity contribution < 1.29 is 18.0 Å². The number of halogens is 4. The van der Waals surface area contributed by atoms with Crippen molar-refractivity contribution in [3.8, 4) is 0 Å². The Hall–Kier alpha value is -0.250. The minimum atomic E-state index is -4.32. The molecule has 1 unspecified atom stereocenters. The molecule has 0 bridgehead atoms. The third kappa shape index (κ3) is 6.87. The van der Waals surface area contributed by atoms with E-state index in [1.54, 1.807) is 0 Å². The van der Waals surface area contributed by atoms with Gasteiger partial charge in [-0.05, 0) is 19.8 Å². The number of ketones is 1. The summed E-state index contributed by atoms with van der Waals surface area (Å²) in [6, 6.07) is 0. The zero-order chi connectivity index (χ0) is 10.5. The lowest BCUT2D eigenvalue weighted by atomic mass is 10.1. The monoisotopic (exact) mass is 216 g/mol. The van der Waals surface area contributed by atoms with E-state index < -0.39 is 11.6 Å². The fourth-order valence-electron chi connectivity index (χ4n) is 0.861. The quantitative estimate of drug-likeness (QED) is 0.509. The lowest BCUT2D eigenvalue weighted by Gasteiger charge is -2.12. The Morgan fingerprint density at radius 3 is 2.31 bits per heavy atom. The minimum absolute atomic E-state index is 0.00173. The molecule has 0 aliphatic heterocycles. The topological polar surface area (TPSA) is 17.1 Å². The Labute approximate surface area is 80.3 Å². The van der Waals surface area contributed by atoms with Gasteiger partial charge < -0.3 is 4.79 Å². The molecule has 0 aliphatic carbocycles. The molecule has 0 aliphatic rings. The molecule has 0 aromatic carbocycles. The van der Waals surface area contributed by atoms with Gasteiger partial charge in [-0.15, -0.1) is 11.6 Å². The van der Waals surface area contributed by atoms with Crippen molar-refractivity contribution in [2.24, 2.45) is 0 Å². The van der Waals surface area contributed by atoms with Crippen LogP contribution in [-0.2, 0) is 4.79 Å². The van der Waals surface area contributed by atoms with Crippen molar-refractivity contribution in [3.05, 3.63) is 0 Å². The molecule has 0 saturated carbocycles. The van der Waals surface area contributed by atoms with Crippen LogP contribution < -0.4 is 0 Å². The number of hydrogen-bond acceptors (Lipinski definition) is 1. The maximum Gasteiger partial charge on any atom is 0.404 e. The molecule has 0 radical (unpaired) electrons. The molecule has 13 heavy (non-hydrogen) atoms. The number of alkyl halides is 4. The van der Waals surface area contributed by atoms with Gasteiger partial charge in [-0.1, -0.05) is 6.42 Å². The normalized spacial score (nSPS) is 14.2. The smallest absolute Gasteiger partial charge is 0.300 e. The second-order valence-electron chi connectivity index (χ2n) is 2.96. The zero-order valence-electron chi connectivity index (χ0n) is 7.33. The molecule has 0 spiro atoms. The third-order valence-electron chi connectivity index (χ3n) is 1.59. The second-order valence-corrected chi connectivity index (χ2v) is 3.48. The molecule has 78 valence electrons. The van der Waals surface area contributed by atoms with E-state index in [2.05, 4.69) is 0 Å². The molecular weight excluding hydrogens is 205 g/mol. The number of unbranched alkanes of at least 4 members (excludes halogenated alkanes) is 1. The van der Waals surface area contributed by atoms with Crippen LogP contribution in [0, 0.1) is 0 Å².